The lowest BCUT2D eigenvalue weighted by Crippen LogP contribution is -2.37. The molecule has 0 spiro atoms. The largest absolute Gasteiger partial charge is 0.573 e. The Balaban J connectivity index is 0.00000264. The van der Waals surface area contributed by atoms with Gasteiger partial charge in [-0.3, -0.25) is 4.79 Å². The second-order valence-corrected chi connectivity index (χ2v) is 5.25. The average molecular weight is 353 g/mol. The van der Waals surface area contributed by atoms with Crippen molar-refractivity contribution in [1.82, 2.24) is 10.6 Å². The number of carbonyl (C=O) groups excluding carboxylic acids is 1. The molecule has 1 aliphatic heterocycles. The minimum Gasteiger partial charge on any atom is -0.406 e. The molecule has 0 radical (unpaired) electrons. The van der Waals surface area contributed by atoms with Crippen LogP contribution in [0.5, 0.6) is 5.75 Å². The van der Waals surface area contributed by atoms with Crippen molar-refractivity contribution in [3.8, 4) is 5.75 Å². The maximum absolute atomic E-state index is 12.3. The molecule has 23 heavy (non-hydrogen) atoms. The van der Waals surface area contributed by atoms with Gasteiger partial charge in [0.05, 0.1) is 0 Å². The first-order chi connectivity index (χ1) is 10.4. The highest BCUT2D eigenvalue weighted by Crippen LogP contribution is 2.26. The third-order valence-electron chi connectivity index (χ3n) is 3.53. The van der Waals surface area contributed by atoms with E-state index in [1.54, 1.807) is 6.07 Å². The standard InChI is InChI=1S/C15H19F3N2O2.ClH/c16-15(17,18)22-13-6-2-1-4-11(13)7-8-14(21)20-10-12-5-3-9-19-12;/h1-2,4,6,12,19H,3,5,7-10H2,(H,20,21);1H. The maximum Gasteiger partial charge on any atom is 0.573 e. The van der Waals surface area contributed by atoms with E-state index in [2.05, 4.69) is 15.4 Å². The normalized spacial score (nSPS) is 17.4. The van der Waals surface area contributed by atoms with Gasteiger partial charge in [0.2, 0.25) is 5.91 Å². The first-order valence-corrected chi connectivity index (χ1v) is 7.28. The van der Waals surface area contributed by atoms with E-state index in [0.717, 1.165) is 19.4 Å². The van der Waals surface area contributed by atoms with Gasteiger partial charge in [0.1, 0.15) is 5.75 Å². The topological polar surface area (TPSA) is 50.4 Å². The molecule has 1 saturated heterocycles. The van der Waals surface area contributed by atoms with Crippen LogP contribution in [0.25, 0.3) is 0 Å². The minimum absolute atomic E-state index is 0. The Morgan fingerprint density at radius 3 is 2.74 bits per heavy atom. The van der Waals surface area contributed by atoms with E-state index >= 15 is 0 Å². The Kier molecular flexibility index (Phi) is 7.64. The van der Waals surface area contributed by atoms with Gasteiger partial charge >= 0.3 is 6.36 Å². The Morgan fingerprint density at radius 1 is 1.35 bits per heavy atom. The summed E-state index contributed by atoms with van der Waals surface area (Å²) in [4.78, 5) is 11.8. The first kappa shape index (κ1) is 19.6. The number of hydrogen-bond acceptors (Lipinski definition) is 3. The van der Waals surface area contributed by atoms with Gasteiger partial charge < -0.3 is 15.4 Å². The number of carbonyl (C=O) groups is 1. The summed E-state index contributed by atoms with van der Waals surface area (Å²) in [5.41, 5.74) is 0.369. The highest BCUT2D eigenvalue weighted by molar-refractivity contribution is 5.85. The minimum atomic E-state index is -4.73. The van der Waals surface area contributed by atoms with Crippen molar-refractivity contribution in [1.29, 1.82) is 0 Å². The van der Waals surface area contributed by atoms with Gasteiger partial charge in [-0.15, -0.1) is 25.6 Å². The number of halogens is 4. The first-order valence-electron chi connectivity index (χ1n) is 7.28. The zero-order valence-electron chi connectivity index (χ0n) is 12.5. The van der Waals surface area contributed by atoms with Crippen LogP contribution in [0.3, 0.4) is 0 Å². The molecule has 0 bridgehead atoms. The summed E-state index contributed by atoms with van der Waals surface area (Å²) < 4.78 is 40.9. The monoisotopic (exact) mass is 352 g/mol. The van der Waals surface area contributed by atoms with Crippen molar-refractivity contribution < 1.29 is 22.7 Å². The van der Waals surface area contributed by atoms with Crippen molar-refractivity contribution in [3.05, 3.63) is 29.8 Å². The SMILES string of the molecule is Cl.O=C(CCc1ccccc1OC(F)(F)F)NCC1CCCN1. The highest BCUT2D eigenvalue weighted by atomic mass is 35.5. The van der Waals surface area contributed by atoms with Crippen molar-refractivity contribution in [3.63, 3.8) is 0 Å². The van der Waals surface area contributed by atoms with Crippen molar-refractivity contribution in [2.45, 2.75) is 38.1 Å². The molecular weight excluding hydrogens is 333 g/mol. The maximum atomic E-state index is 12.3. The van der Waals surface area contributed by atoms with Gasteiger partial charge in [0.25, 0.3) is 0 Å². The molecule has 1 aromatic carbocycles. The lowest BCUT2D eigenvalue weighted by atomic mass is 10.1. The third kappa shape index (κ3) is 7.09. The van der Waals surface area contributed by atoms with E-state index in [1.807, 2.05) is 0 Å². The van der Waals surface area contributed by atoms with Crippen molar-refractivity contribution in [2.24, 2.45) is 0 Å². The van der Waals surface area contributed by atoms with E-state index in [9.17, 15) is 18.0 Å². The molecule has 0 saturated carbocycles. The van der Waals surface area contributed by atoms with Gasteiger partial charge in [-0.25, -0.2) is 0 Å². The molecule has 0 aliphatic carbocycles. The van der Waals surface area contributed by atoms with E-state index in [1.165, 1.54) is 18.2 Å². The fourth-order valence-corrected chi connectivity index (χ4v) is 2.44. The van der Waals surface area contributed by atoms with Gasteiger partial charge in [0.15, 0.2) is 0 Å². The summed E-state index contributed by atoms with van der Waals surface area (Å²) in [6.45, 7) is 1.52. The molecule has 1 atom stereocenters. The van der Waals surface area contributed by atoms with Crippen molar-refractivity contribution >= 4 is 18.3 Å². The molecular formula is C15H20ClF3N2O2. The number of hydrogen-bond donors (Lipinski definition) is 2. The van der Waals surface area contributed by atoms with E-state index in [4.69, 9.17) is 0 Å². The zero-order valence-corrected chi connectivity index (χ0v) is 13.3. The second kappa shape index (κ2) is 8.98. The van der Waals surface area contributed by atoms with Crippen LogP contribution in [0.15, 0.2) is 24.3 Å². The van der Waals surface area contributed by atoms with Crippen LogP contribution in [0, 0.1) is 0 Å². The predicted molar refractivity (Wildman–Crippen MR) is 82.7 cm³/mol. The summed E-state index contributed by atoms with van der Waals surface area (Å²) in [5, 5.41) is 6.06. The Morgan fingerprint density at radius 2 is 2.09 bits per heavy atom. The van der Waals surface area contributed by atoms with Crippen LogP contribution in [-0.4, -0.2) is 31.4 Å². The number of nitrogens with one attached hydrogen (secondary N) is 2. The number of rotatable bonds is 6. The molecule has 1 heterocycles. The van der Waals surface area contributed by atoms with Gasteiger partial charge in [-0.1, -0.05) is 18.2 Å². The molecule has 0 aromatic heterocycles. The number of benzene rings is 1. The summed E-state index contributed by atoms with van der Waals surface area (Å²) in [5.74, 6) is -0.421. The smallest absolute Gasteiger partial charge is 0.406 e. The third-order valence-corrected chi connectivity index (χ3v) is 3.53. The lowest BCUT2D eigenvalue weighted by Gasteiger charge is -2.14. The molecule has 2 rings (SSSR count). The van der Waals surface area contributed by atoms with E-state index < -0.39 is 6.36 Å². The lowest BCUT2D eigenvalue weighted by molar-refractivity contribution is -0.274. The molecule has 4 nitrogen and oxygen atoms in total. The fourth-order valence-electron chi connectivity index (χ4n) is 2.44. The predicted octanol–water partition coefficient (Wildman–Crippen LogP) is 2.81. The molecule has 1 amide bonds. The van der Waals surface area contributed by atoms with Crippen LogP contribution >= 0.6 is 12.4 Å². The number of alkyl halides is 3. The van der Waals surface area contributed by atoms with E-state index in [0.29, 0.717) is 18.2 Å². The van der Waals surface area contributed by atoms with Gasteiger partial charge in [-0.2, -0.15) is 0 Å². The van der Waals surface area contributed by atoms with Crippen molar-refractivity contribution in [2.75, 3.05) is 13.1 Å². The average Bonchev–Trinajstić information content (AvgIpc) is 2.96. The number of para-hydroxylation sites is 1. The molecule has 1 aliphatic rings. The fraction of sp³-hybridized carbons (Fsp3) is 0.533. The summed E-state index contributed by atoms with van der Waals surface area (Å²) in [6, 6.07) is 6.18. The molecule has 1 fully saturated rings. The number of amides is 1. The van der Waals surface area contributed by atoms with Crippen LogP contribution in [-0.2, 0) is 11.2 Å². The zero-order chi connectivity index (χ0) is 16.0. The van der Waals surface area contributed by atoms with Gasteiger partial charge in [0, 0.05) is 19.0 Å². The van der Waals surface area contributed by atoms with Crippen LogP contribution < -0.4 is 15.4 Å². The van der Waals surface area contributed by atoms with Crippen LogP contribution in [0.1, 0.15) is 24.8 Å². The summed E-state index contributed by atoms with van der Waals surface area (Å²) >= 11 is 0. The van der Waals surface area contributed by atoms with Crippen LogP contribution in [0.2, 0.25) is 0 Å². The number of aryl methyl sites for hydroxylation is 1. The highest BCUT2D eigenvalue weighted by Gasteiger charge is 2.31. The number of ether oxygens (including phenoxy) is 1. The Bertz CT molecular complexity index is 506. The summed E-state index contributed by atoms with van der Waals surface area (Å²) in [7, 11) is 0. The second-order valence-electron chi connectivity index (χ2n) is 5.25. The van der Waals surface area contributed by atoms with Crippen LogP contribution in [0.4, 0.5) is 13.2 Å². The van der Waals surface area contributed by atoms with Gasteiger partial charge in [-0.05, 0) is 37.4 Å². The quantitative estimate of drug-likeness (QED) is 0.827. The molecule has 8 heteroatoms. The summed E-state index contributed by atoms with van der Waals surface area (Å²) in [6.07, 6.45) is -2.27. The Hall–Kier alpha value is -1.47. The Labute approximate surface area is 139 Å². The molecule has 1 aromatic rings. The molecule has 1 unspecified atom stereocenters. The molecule has 130 valence electrons. The molecule has 2 N–H and O–H groups in total. The van der Waals surface area contributed by atoms with E-state index in [-0.39, 0.29) is 36.9 Å².